The van der Waals surface area contributed by atoms with Crippen molar-refractivity contribution in [1.29, 1.82) is 0 Å². The molecule has 1 aliphatic rings. The lowest BCUT2D eigenvalue weighted by molar-refractivity contribution is -0.123. The third-order valence-corrected chi connectivity index (χ3v) is 3.74. The molecular weight excluding hydrogens is 240 g/mol. The summed E-state index contributed by atoms with van der Waals surface area (Å²) >= 11 is 0. The first kappa shape index (κ1) is 13.9. The van der Waals surface area contributed by atoms with E-state index in [1.165, 1.54) is 19.3 Å². The first-order valence-electron chi connectivity index (χ1n) is 6.83. The van der Waals surface area contributed by atoms with Gasteiger partial charge in [0.2, 0.25) is 0 Å². The highest BCUT2D eigenvalue weighted by Crippen LogP contribution is 2.39. The van der Waals surface area contributed by atoms with Crippen LogP contribution in [0.3, 0.4) is 0 Å². The Morgan fingerprint density at radius 2 is 2.00 bits per heavy atom. The Kier molecular flexibility index (Phi) is 4.80. The van der Waals surface area contributed by atoms with Crippen molar-refractivity contribution < 1.29 is 9.53 Å². The van der Waals surface area contributed by atoms with Crippen LogP contribution in [0.25, 0.3) is 0 Å². The van der Waals surface area contributed by atoms with Crippen molar-refractivity contribution in [3.05, 3.63) is 30.3 Å². The van der Waals surface area contributed by atoms with Crippen LogP contribution in [-0.4, -0.2) is 32.7 Å². The summed E-state index contributed by atoms with van der Waals surface area (Å²) in [4.78, 5) is 11.8. The van der Waals surface area contributed by atoms with Crippen LogP contribution in [0.2, 0.25) is 0 Å². The molecule has 19 heavy (non-hydrogen) atoms. The molecule has 1 aliphatic carbocycles. The predicted octanol–water partition coefficient (Wildman–Crippen LogP) is 1.57. The second-order valence-corrected chi connectivity index (χ2v) is 5.26. The van der Waals surface area contributed by atoms with Gasteiger partial charge in [-0.2, -0.15) is 0 Å². The van der Waals surface area contributed by atoms with Crippen LogP contribution in [0, 0.1) is 5.41 Å². The number of nitrogens with one attached hydrogen (secondary N) is 2. The highest BCUT2D eigenvalue weighted by molar-refractivity contribution is 5.77. The van der Waals surface area contributed by atoms with Gasteiger partial charge in [-0.1, -0.05) is 24.6 Å². The Labute approximate surface area is 114 Å². The van der Waals surface area contributed by atoms with Crippen molar-refractivity contribution in [1.82, 2.24) is 10.6 Å². The van der Waals surface area contributed by atoms with Crippen LogP contribution in [0.4, 0.5) is 0 Å². The highest BCUT2D eigenvalue weighted by atomic mass is 16.5. The number of hydrogen-bond acceptors (Lipinski definition) is 3. The summed E-state index contributed by atoms with van der Waals surface area (Å²) in [5.41, 5.74) is 0.261. The number of carbonyl (C=O) groups excluding carboxylic acids is 1. The van der Waals surface area contributed by atoms with Gasteiger partial charge in [-0.05, 0) is 32.0 Å². The van der Waals surface area contributed by atoms with E-state index >= 15 is 0 Å². The molecule has 0 aliphatic heterocycles. The molecule has 104 valence electrons. The SMILES string of the molecule is CNCC1(CNC(=O)COc2ccccc2)CCC1. The smallest absolute Gasteiger partial charge is 0.257 e. The maximum Gasteiger partial charge on any atom is 0.257 e. The van der Waals surface area contributed by atoms with Gasteiger partial charge in [-0.3, -0.25) is 4.79 Å². The van der Waals surface area contributed by atoms with Gasteiger partial charge in [-0.25, -0.2) is 0 Å². The van der Waals surface area contributed by atoms with Crippen LogP contribution in [0.5, 0.6) is 5.75 Å². The molecule has 0 unspecified atom stereocenters. The molecular formula is C15H22N2O2. The minimum Gasteiger partial charge on any atom is -0.484 e. The minimum atomic E-state index is -0.0498. The molecule has 1 fully saturated rings. The fourth-order valence-electron chi connectivity index (χ4n) is 2.47. The molecule has 4 nitrogen and oxygen atoms in total. The number of ether oxygens (including phenoxy) is 1. The Hall–Kier alpha value is -1.55. The fourth-order valence-corrected chi connectivity index (χ4v) is 2.47. The molecule has 1 aromatic rings. The van der Waals surface area contributed by atoms with Gasteiger partial charge < -0.3 is 15.4 Å². The van der Waals surface area contributed by atoms with Gasteiger partial charge in [0, 0.05) is 18.5 Å². The molecule has 4 heteroatoms. The summed E-state index contributed by atoms with van der Waals surface area (Å²) < 4.78 is 5.42. The third-order valence-electron chi connectivity index (χ3n) is 3.74. The second-order valence-electron chi connectivity index (χ2n) is 5.26. The zero-order valence-corrected chi connectivity index (χ0v) is 11.4. The molecule has 0 bridgehead atoms. The standard InChI is InChI=1S/C15H22N2O2/c1-16-11-15(8-5-9-15)12-17-14(18)10-19-13-6-3-2-4-7-13/h2-4,6-7,16H,5,8-12H2,1H3,(H,17,18). The van der Waals surface area contributed by atoms with E-state index in [-0.39, 0.29) is 17.9 Å². The van der Waals surface area contributed by atoms with Crippen molar-refractivity contribution in [2.24, 2.45) is 5.41 Å². The molecule has 0 aromatic heterocycles. The van der Waals surface area contributed by atoms with Gasteiger partial charge in [0.15, 0.2) is 6.61 Å². The highest BCUT2D eigenvalue weighted by Gasteiger charge is 2.36. The van der Waals surface area contributed by atoms with E-state index in [9.17, 15) is 4.79 Å². The largest absolute Gasteiger partial charge is 0.484 e. The van der Waals surface area contributed by atoms with E-state index in [4.69, 9.17) is 4.74 Å². The molecule has 2 N–H and O–H groups in total. The maximum atomic E-state index is 11.8. The van der Waals surface area contributed by atoms with Crippen LogP contribution >= 0.6 is 0 Å². The molecule has 0 heterocycles. The monoisotopic (exact) mass is 262 g/mol. The topological polar surface area (TPSA) is 50.4 Å². The third kappa shape index (κ3) is 3.96. The van der Waals surface area contributed by atoms with Gasteiger partial charge in [0.05, 0.1) is 0 Å². The first-order chi connectivity index (χ1) is 9.24. The average molecular weight is 262 g/mol. The molecule has 0 saturated heterocycles. The molecule has 0 spiro atoms. The van der Waals surface area contributed by atoms with Gasteiger partial charge >= 0.3 is 0 Å². The zero-order chi connectivity index (χ0) is 13.6. The zero-order valence-electron chi connectivity index (χ0n) is 11.4. The normalized spacial score (nSPS) is 16.5. The van der Waals surface area contributed by atoms with Gasteiger partial charge in [-0.15, -0.1) is 0 Å². The van der Waals surface area contributed by atoms with E-state index in [0.717, 1.165) is 18.8 Å². The summed E-state index contributed by atoms with van der Waals surface area (Å²) in [5.74, 6) is 0.678. The van der Waals surface area contributed by atoms with Crippen molar-refractivity contribution in [2.75, 3.05) is 26.7 Å². The van der Waals surface area contributed by atoms with Crippen molar-refractivity contribution >= 4 is 5.91 Å². The maximum absolute atomic E-state index is 11.8. The van der Waals surface area contributed by atoms with Gasteiger partial charge in [0.1, 0.15) is 5.75 Å². The van der Waals surface area contributed by atoms with Crippen molar-refractivity contribution in [2.45, 2.75) is 19.3 Å². The predicted molar refractivity (Wildman–Crippen MR) is 75.2 cm³/mol. The van der Waals surface area contributed by atoms with Crippen molar-refractivity contribution in [3.8, 4) is 5.75 Å². The van der Waals surface area contributed by atoms with E-state index in [1.54, 1.807) is 0 Å². The molecule has 1 amide bonds. The quantitative estimate of drug-likeness (QED) is 0.784. The number of hydrogen-bond donors (Lipinski definition) is 2. The molecule has 0 atom stereocenters. The lowest BCUT2D eigenvalue weighted by Gasteiger charge is -2.42. The number of rotatable bonds is 7. The van der Waals surface area contributed by atoms with Crippen LogP contribution in [0.15, 0.2) is 30.3 Å². The molecule has 0 radical (unpaired) electrons. The minimum absolute atomic E-state index is 0.0498. The number of para-hydroxylation sites is 1. The lowest BCUT2D eigenvalue weighted by atomic mass is 9.68. The van der Waals surface area contributed by atoms with Crippen molar-refractivity contribution in [3.63, 3.8) is 0 Å². The average Bonchev–Trinajstić information content (AvgIpc) is 2.40. The van der Waals surface area contributed by atoms with Gasteiger partial charge in [0.25, 0.3) is 5.91 Å². The summed E-state index contributed by atoms with van der Waals surface area (Å²) in [5, 5.41) is 6.19. The first-order valence-corrected chi connectivity index (χ1v) is 6.83. The summed E-state index contributed by atoms with van der Waals surface area (Å²) in [6.07, 6.45) is 3.64. The van der Waals surface area contributed by atoms with Crippen LogP contribution < -0.4 is 15.4 Å². The Morgan fingerprint density at radius 3 is 2.58 bits per heavy atom. The Balaban J connectivity index is 1.70. The van der Waals surface area contributed by atoms with E-state index in [2.05, 4.69) is 10.6 Å². The van der Waals surface area contributed by atoms with E-state index in [1.807, 2.05) is 37.4 Å². The van der Waals surface area contributed by atoms with Crippen LogP contribution in [0.1, 0.15) is 19.3 Å². The molecule has 1 saturated carbocycles. The van der Waals surface area contributed by atoms with Crippen LogP contribution in [-0.2, 0) is 4.79 Å². The second kappa shape index (κ2) is 6.57. The summed E-state index contributed by atoms with van der Waals surface area (Å²) in [6.45, 7) is 1.79. The summed E-state index contributed by atoms with van der Waals surface area (Å²) in [6, 6.07) is 9.40. The fraction of sp³-hybridized carbons (Fsp3) is 0.533. The number of benzene rings is 1. The van der Waals surface area contributed by atoms with E-state index < -0.39 is 0 Å². The Morgan fingerprint density at radius 1 is 1.26 bits per heavy atom. The Bertz CT molecular complexity index is 402. The molecule has 2 rings (SSSR count). The number of carbonyl (C=O) groups is 1. The number of amides is 1. The summed E-state index contributed by atoms with van der Waals surface area (Å²) in [7, 11) is 1.96. The van der Waals surface area contributed by atoms with E-state index in [0.29, 0.717) is 0 Å². The molecule has 1 aromatic carbocycles. The lowest BCUT2D eigenvalue weighted by Crippen LogP contribution is -2.48.